The molecule has 2 aromatic heterocycles. The molecule has 0 fully saturated rings. The minimum atomic E-state index is 0.778. The molecule has 102 valence electrons. The second kappa shape index (κ2) is 5.14. The van der Waals surface area contributed by atoms with Crippen LogP contribution in [0, 0.1) is 0 Å². The third kappa shape index (κ3) is 2.23. The molecule has 0 radical (unpaired) electrons. The molecule has 0 saturated carbocycles. The Balaban J connectivity index is 1.86. The van der Waals surface area contributed by atoms with Gasteiger partial charge in [-0.3, -0.25) is 9.67 Å². The minimum absolute atomic E-state index is 0.778. The first-order chi connectivity index (χ1) is 10.4. The summed E-state index contributed by atoms with van der Waals surface area (Å²) in [6.45, 7) is 0.778. The van der Waals surface area contributed by atoms with Gasteiger partial charge in [-0.1, -0.05) is 48.5 Å². The Bertz CT molecular complexity index is 864. The lowest BCUT2D eigenvalue weighted by Gasteiger charge is -2.03. The highest BCUT2D eigenvalue weighted by Crippen LogP contribution is 2.30. The van der Waals surface area contributed by atoms with Crippen molar-refractivity contribution in [2.75, 3.05) is 0 Å². The van der Waals surface area contributed by atoms with Gasteiger partial charge in [-0.2, -0.15) is 5.10 Å². The van der Waals surface area contributed by atoms with E-state index in [1.54, 1.807) is 11.3 Å². The number of nitrogens with zero attached hydrogens (tertiary/aromatic N) is 3. The highest BCUT2D eigenvalue weighted by atomic mass is 32.1. The second-order valence-electron chi connectivity index (χ2n) is 4.87. The van der Waals surface area contributed by atoms with Crippen molar-refractivity contribution in [1.82, 2.24) is 14.8 Å². The Morgan fingerprint density at radius 3 is 2.57 bits per heavy atom. The number of thiazole rings is 1. The topological polar surface area (TPSA) is 30.7 Å². The van der Waals surface area contributed by atoms with E-state index in [0.29, 0.717) is 0 Å². The van der Waals surface area contributed by atoms with Gasteiger partial charge in [0.15, 0.2) is 0 Å². The van der Waals surface area contributed by atoms with Crippen LogP contribution >= 0.6 is 11.3 Å². The van der Waals surface area contributed by atoms with Gasteiger partial charge in [0.25, 0.3) is 0 Å². The van der Waals surface area contributed by atoms with Gasteiger partial charge in [0.05, 0.1) is 22.4 Å². The van der Waals surface area contributed by atoms with Crippen molar-refractivity contribution in [2.45, 2.75) is 6.54 Å². The number of hydrogen-bond donors (Lipinski definition) is 0. The van der Waals surface area contributed by atoms with E-state index in [0.717, 1.165) is 22.6 Å². The first-order valence-electron chi connectivity index (χ1n) is 6.80. The fraction of sp³-hybridized carbons (Fsp3) is 0.0588. The van der Waals surface area contributed by atoms with Crippen LogP contribution in [0.1, 0.15) is 5.56 Å². The van der Waals surface area contributed by atoms with Gasteiger partial charge in [-0.25, -0.2) is 0 Å². The van der Waals surface area contributed by atoms with Gasteiger partial charge < -0.3 is 0 Å². The fourth-order valence-electron chi connectivity index (χ4n) is 2.52. The summed E-state index contributed by atoms with van der Waals surface area (Å²) in [6.07, 6.45) is 1.88. The molecule has 0 atom stereocenters. The van der Waals surface area contributed by atoms with Crippen LogP contribution in [0.2, 0.25) is 0 Å². The molecule has 0 amide bonds. The Labute approximate surface area is 126 Å². The van der Waals surface area contributed by atoms with Crippen molar-refractivity contribution >= 4 is 22.2 Å². The van der Waals surface area contributed by atoms with Crippen LogP contribution in [-0.2, 0) is 6.54 Å². The van der Waals surface area contributed by atoms with Gasteiger partial charge >= 0.3 is 0 Å². The van der Waals surface area contributed by atoms with Crippen molar-refractivity contribution in [3.8, 4) is 10.6 Å². The monoisotopic (exact) mass is 291 g/mol. The predicted molar refractivity (Wildman–Crippen MR) is 86.4 cm³/mol. The number of fused-ring (bicyclic) bond motifs is 1. The van der Waals surface area contributed by atoms with Crippen LogP contribution in [0.3, 0.4) is 0 Å². The molecule has 0 spiro atoms. The molecule has 4 rings (SSSR count). The van der Waals surface area contributed by atoms with Crippen LogP contribution in [-0.4, -0.2) is 14.8 Å². The minimum Gasteiger partial charge on any atom is -0.260 e. The number of aromatic nitrogens is 3. The molecule has 0 aliphatic heterocycles. The summed E-state index contributed by atoms with van der Waals surface area (Å²) in [5, 5.41) is 5.99. The van der Waals surface area contributed by atoms with Crippen molar-refractivity contribution in [2.24, 2.45) is 0 Å². The molecule has 0 unspecified atom stereocenters. The maximum absolute atomic E-state index is 4.81. The molecule has 4 heteroatoms. The van der Waals surface area contributed by atoms with Gasteiger partial charge in [0, 0.05) is 11.6 Å². The van der Waals surface area contributed by atoms with Crippen molar-refractivity contribution < 1.29 is 0 Å². The average Bonchev–Trinajstić information content (AvgIpc) is 3.17. The smallest absolute Gasteiger partial charge is 0.112 e. The molecular formula is C17H13N3S. The van der Waals surface area contributed by atoms with Gasteiger partial charge in [0.1, 0.15) is 5.69 Å². The van der Waals surface area contributed by atoms with Crippen molar-refractivity contribution in [3.05, 3.63) is 71.9 Å². The molecule has 4 aromatic rings. The molecule has 0 saturated heterocycles. The van der Waals surface area contributed by atoms with E-state index in [2.05, 4.69) is 58.2 Å². The molecular weight excluding hydrogens is 278 g/mol. The van der Waals surface area contributed by atoms with Crippen LogP contribution < -0.4 is 0 Å². The Kier molecular flexibility index (Phi) is 3.01. The first kappa shape index (κ1) is 12.3. The van der Waals surface area contributed by atoms with Gasteiger partial charge in [0.2, 0.25) is 0 Å². The van der Waals surface area contributed by atoms with Crippen LogP contribution in [0.5, 0.6) is 0 Å². The zero-order chi connectivity index (χ0) is 14.1. The van der Waals surface area contributed by atoms with Crippen LogP contribution in [0.4, 0.5) is 0 Å². The molecule has 3 nitrogen and oxygen atoms in total. The van der Waals surface area contributed by atoms with Crippen LogP contribution in [0.15, 0.2) is 66.3 Å². The lowest BCUT2D eigenvalue weighted by molar-refractivity contribution is 0.715. The average molecular weight is 291 g/mol. The van der Waals surface area contributed by atoms with E-state index >= 15 is 0 Å². The molecule has 2 aromatic carbocycles. The van der Waals surface area contributed by atoms with E-state index in [-0.39, 0.29) is 0 Å². The highest BCUT2D eigenvalue weighted by Gasteiger charge is 2.13. The number of benzene rings is 2. The summed E-state index contributed by atoms with van der Waals surface area (Å²) >= 11 is 1.62. The number of para-hydroxylation sites is 1. The van der Waals surface area contributed by atoms with E-state index in [1.165, 1.54) is 10.9 Å². The van der Waals surface area contributed by atoms with Crippen LogP contribution in [0.25, 0.3) is 21.5 Å². The molecule has 0 aliphatic rings. The predicted octanol–water partition coefficient (Wildman–Crippen LogP) is 4.21. The Hall–Kier alpha value is -2.46. The third-order valence-electron chi connectivity index (χ3n) is 3.50. The maximum Gasteiger partial charge on any atom is 0.112 e. The summed E-state index contributed by atoms with van der Waals surface area (Å²) in [5.41, 5.74) is 5.27. The van der Waals surface area contributed by atoms with Gasteiger partial charge in [-0.15, -0.1) is 11.3 Å². The van der Waals surface area contributed by atoms with Gasteiger partial charge in [-0.05, 0) is 11.6 Å². The van der Waals surface area contributed by atoms with E-state index in [9.17, 15) is 0 Å². The summed E-state index contributed by atoms with van der Waals surface area (Å²) in [6, 6.07) is 18.8. The molecule has 0 N–H and O–H groups in total. The van der Waals surface area contributed by atoms with Crippen molar-refractivity contribution in [3.63, 3.8) is 0 Å². The molecule has 21 heavy (non-hydrogen) atoms. The Morgan fingerprint density at radius 2 is 1.76 bits per heavy atom. The summed E-state index contributed by atoms with van der Waals surface area (Å²) in [4.78, 5) is 5.28. The third-order valence-corrected chi connectivity index (χ3v) is 4.28. The summed E-state index contributed by atoms with van der Waals surface area (Å²) in [5.74, 6) is 0. The van der Waals surface area contributed by atoms with E-state index in [4.69, 9.17) is 5.10 Å². The number of hydrogen-bond acceptors (Lipinski definition) is 3. The highest BCUT2D eigenvalue weighted by molar-refractivity contribution is 7.13. The summed E-state index contributed by atoms with van der Waals surface area (Å²) < 4.78 is 2.07. The SMILES string of the molecule is c1ccc(Cn2nc(-c3cncs3)c3ccccc32)cc1. The molecule has 2 heterocycles. The first-order valence-corrected chi connectivity index (χ1v) is 7.68. The van der Waals surface area contributed by atoms with E-state index in [1.807, 2.05) is 17.8 Å². The fourth-order valence-corrected chi connectivity index (χ4v) is 3.14. The standard InChI is InChI=1S/C17H13N3S/c1-2-6-13(7-3-1)11-20-15-9-5-4-8-14(15)17(19-20)16-10-18-12-21-16/h1-10,12H,11H2. The summed E-state index contributed by atoms with van der Waals surface area (Å²) in [7, 11) is 0. The number of rotatable bonds is 3. The maximum atomic E-state index is 4.81. The normalized spacial score (nSPS) is 11.0. The molecule has 0 bridgehead atoms. The zero-order valence-corrected chi connectivity index (χ0v) is 12.1. The van der Waals surface area contributed by atoms with E-state index < -0.39 is 0 Å². The zero-order valence-electron chi connectivity index (χ0n) is 11.3. The lowest BCUT2D eigenvalue weighted by atomic mass is 10.2. The largest absolute Gasteiger partial charge is 0.260 e. The lowest BCUT2D eigenvalue weighted by Crippen LogP contribution is -2.01. The Morgan fingerprint density at radius 1 is 0.952 bits per heavy atom. The quantitative estimate of drug-likeness (QED) is 0.566. The van der Waals surface area contributed by atoms with Crippen molar-refractivity contribution in [1.29, 1.82) is 0 Å². The molecule has 0 aliphatic carbocycles. The second-order valence-corrected chi connectivity index (χ2v) is 5.76.